The maximum Gasteiger partial charge on any atom is 0.420 e. The van der Waals surface area contributed by atoms with Gasteiger partial charge in [0.1, 0.15) is 17.3 Å². The summed E-state index contributed by atoms with van der Waals surface area (Å²) >= 11 is 0. The van der Waals surface area contributed by atoms with Gasteiger partial charge in [-0.25, -0.2) is 9.78 Å². The molecule has 0 unspecified atom stereocenters. The minimum Gasteiger partial charge on any atom is -0.497 e. The fourth-order valence-electron chi connectivity index (χ4n) is 4.17. The quantitative estimate of drug-likeness (QED) is 0.344. The Hall–Kier alpha value is -4.05. The number of likely N-dealkylation sites (tertiary alicyclic amines) is 1. The van der Waals surface area contributed by atoms with Crippen LogP contribution in [-0.2, 0) is 0 Å². The molecule has 38 heavy (non-hydrogen) atoms. The first-order valence-corrected chi connectivity index (χ1v) is 12.8. The summed E-state index contributed by atoms with van der Waals surface area (Å²) in [4.78, 5) is 25.4. The number of carbonyl (C=O) groups excluding carboxylic acids is 1. The number of aromatic nitrogens is 2. The molecule has 1 aliphatic rings. The molecule has 2 heterocycles. The zero-order valence-corrected chi connectivity index (χ0v) is 22.2. The first kappa shape index (κ1) is 27.0. The van der Waals surface area contributed by atoms with Crippen LogP contribution in [0.4, 0.5) is 22.2 Å². The highest BCUT2D eigenvalue weighted by atomic mass is 16.6. The second kappa shape index (κ2) is 13.5. The minimum atomic E-state index is -0.638. The van der Waals surface area contributed by atoms with E-state index in [-0.39, 0.29) is 5.75 Å². The van der Waals surface area contributed by atoms with Gasteiger partial charge in [0.2, 0.25) is 5.95 Å². The van der Waals surface area contributed by atoms with Crippen molar-refractivity contribution in [2.75, 3.05) is 57.7 Å². The lowest BCUT2D eigenvalue weighted by Gasteiger charge is -2.26. The van der Waals surface area contributed by atoms with Crippen molar-refractivity contribution in [1.29, 1.82) is 0 Å². The van der Waals surface area contributed by atoms with Crippen LogP contribution in [0, 0.1) is 0 Å². The van der Waals surface area contributed by atoms with E-state index in [1.807, 2.05) is 24.3 Å². The monoisotopic (exact) mass is 521 g/mol. The summed E-state index contributed by atoms with van der Waals surface area (Å²) in [5, 5.41) is 3.18. The van der Waals surface area contributed by atoms with Gasteiger partial charge in [-0.05, 0) is 62.7 Å². The van der Waals surface area contributed by atoms with E-state index < -0.39 is 6.09 Å². The lowest BCUT2D eigenvalue weighted by atomic mass is 10.1. The van der Waals surface area contributed by atoms with Gasteiger partial charge in [-0.1, -0.05) is 12.5 Å². The fraction of sp³-hybridized carbons (Fsp3) is 0.393. The molecule has 0 spiro atoms. The van der Waals surface area contributed by atoms with E-state index in [1.165, 1.54) is 51.5 Å². The SMILES string of the molecule is COc1ccc(OC)c(OC(=O)N(C)c2ccnc(Nc3cccc(OCCCN4CCCCC4)c3)n2)c1. The Morgan fingerprint density at radius 2 is 1.84 bits per heavy atom. The van der Waals surface area contributed by atoms with E-state index in [2.05, 4.69) is 20.2 Å². The van der Waals surface area contributed by atoms with Gasteiger partial charge in [-0.15, -0.1) is 0 Å². The van der Waals surface area contributed by atoms with E-state index in [9.17, 15) is 4.79 Å². The zero-order chi connectivity index (χ0) is 26.7. The number of ether oxygens (including phenoxy) is 4. The Morgan fingerprint density at radius 3 is 2.63 bits per heavy atom. The molecular formula is C28H35N5O5. The molecule has 10 heteroatoms. The molecule has 1 saturated heterocycles. The molecule has 1 fully saturated rings. The van der Waals surface area contributed by atoms with Gasteiger partial charge in [-0.3, -0.25) is 4.90 Å². The van der Waals surface area contributed by atoms with Crippen molar-refractivity contribution >= 4 is 23.5 Å². The number of hydrogen-bond donors (Lipinski definition) is 1. The first-order chi connectivity index (χ1) is 18.6. The van der Waals surface area contributed by atoms with Crippen LogP contribution in [0.3, 0.4) is 0 Å². The number of piperidine rings is 1. The molecule has 1 N–H and O–H groups in total. The van der Waals surface area contributed by atoms with Crippen molar-refractivity contribution in [2.24, 2.45) is 0 Å². The van der Waals surface area contributed by atoms with E-state index in [0.717, 1.165) is 24.4 Å². The van der Waals surface area contributed by atoms with Crippen LogP contribution in [0.2, 0.25) is 0 Å². The smallest absolute Gasteiger partial charge is 0.420 e. The molecule has 3 aromatic rings. The van der Waals surface area contributed by atoms with Crippen LogP contribution in [0.25, 0.3) is 0 Å². The molecule has 0 radical (unpaired) electrons. The van der Waals surface area contributed by atoms with Gasteiger partial charge in [0, 0.05) is 37.6 Å². The number of nitrogens with zero attached hydrogens (tertiary/aromatic N) is 4. The Balaban J connectivity index is 1.33. The molecule has 202 valence electrons. The summed E-state index contributed by atoms with van der Waals surface area (Å²) < 4.78 is 22.0. The maximum atomic E-state index is 12.8. The molecule has 0 aliphatic carbocycles. The highest BCUT2D eigenvalue weighted by Gasteiger charge is 2.18. The highest BCUT2D eigenvalue weighted by Crippen LogP contribution is 2.32. The third kappa shape index (κ3) is 7.48. The summed E-state index contributed by atoms with van der Waals surface area (Å²) in [6.45, 7) is 4.12. The normalized spacial score (nSPS) is 13.4. The van der Waals surface area contributed by atoms with E-state index >= 15 is 0 Å². The first-order valence-electron chi connectivity index (χ1n) is 12.8. The summed E-state index contributed by atoms with van der Waals surface area (Å²) in [6, 6.07) is 14.3. The van der Waals surface area contributed by atoms with Gasteiger partial charge in [0.25, 0.3) is 0 Å². The van der Waals surface area contributed by atoms with Crippen molar-refractivity contribution in [1.82, 2.24) is 14.9 Å². The van der Waals surface area contributed by atoms with Crippen LogP contribution in [0.15, 0.2) is 54.7 Å². The third-order valence-electron chi connectivity index (χ3n) is 6.25. The average molecular weight is 522 g/mol. The highest BCUT2D eigenvalue weighted by molar-refractivity contribution is 5.88. The minimum absolute atomic E-state index is 0.240. The number of nitrogens with one attached hydrogen (secondary N) is 1. The average Bonchev–Trinajstić information content (AvgIpc) is 2.95. The molecule has 2 aromatic carbocycles. The predicted octanol–water partition coefficient (Wildman–Crippen LogP) is 5.13. The van der Waals surface area contributed by atoms with Crippen molar-refractivity contribution < 1.29 is 23.7 Å². The molecule has 0 saturated carbocycles. The fourth-order valence-corrected chi connectivity index (χ4v) is 4.17. The zero-order valence-electron chi connectivity index (χ0n) is 22.2. The maximum absolute atomic E-state index is 12.8. The van der Waals surface area contributed by atoms with Crippen molar-refractivity contribution in [2.45, 2.75) is 25.7 Å². The van der Waals surface area contributed by atoms with Gasteiger partial charge in [-0.2, -0.15) is 4.98 Å². The number of methoxy groups -OCH3 is 2. The molecule has 1 amide bonds. The lowest BCUT2D eigenvalue weighted by molar-refractivity contribution is 0.205. The van der Waals surface area contributed by atoms with Crippen LogP contribution in [-0.4, -0.2) is 68.5 Å². The number of rotatable bonds is 11. The van der Waals surface area contributed by atoms with Gasteiger partial charge in [0.15, 0.2) is 11.5 Å². The van der Waals surface area contributed by atoms with E-state index in [1.54, 1.807) is 37.5 Å². The summed E-state index contributed by atoms with van der Waals surface area (Å²) in [6.07, 6.45) is 5.87. The number of carbonyl (C=O) groups is 1. The summed E-state index contributed by atoms with van der Waals surface area (Å²) in [7, 11) is 4.60. The second-order valence-electron chi connectivity index (χ2n) is 8.94. The topological polar surface area (TPSA) is 98.3 Å². The standard InChI is InChI=1S/C28H35N5O5/c1-32(28(34)38-25-20-22(35-2)11-12-24(25)36-3)26-13-14-29-27(31-26)30-21-9-7-10-23(19-21)37-18-8-17-33-15-5-4-6-16-33/h7,9-14,19-20H,4-6,8,15-18H2,1-3H3,(H,29,30,31). The summed E-state index contributed by atoms with van der Waals surface area (Å²) in [5.41, 5.74) is 0.780. The number of amides is 1. The second-order valence-corrected chi connectivity index (χ2v) is 8.94. The Bertz CT molecular complexity index is 1200. The Kier molecular flexibility index (Phi) is 9.58. The van der Waals surface area contributed by atoms with Gasteiger partial charge < -0.3 is 29.2 Å². The van der Waals surface area contributed by atoms with Gasteiger partial charge >= 0.3 is 6.09 Å². The number of hydrogen-bond acceptors (Lipinski definition) is 9. The van der Waals surface area contributed by atoms with Crippen LogP contribution >= 0.6 is 0 Å². The number of anilines is 3. The molecule has 0 bridgehead atoms. The predicted molar refractivity (Wildman–Crippen MR) is 146 cm³/mol. The largest absolute Gasteiger partial charge is 0.497 e. The molecule has 0 atom stereocenters. The summed E-state index contributed by atoms with van der Waals surface area (Å²) in [5.74, 6) is 2.66. The molecule has 1 aliphatic heterocycles. The molecule has 1 aromatic heterocycles. The third-order valence-corrected chi connectivity index (χ3v) is 6.25. The van der Waals surface area contributed by atoms with Crippen molar-refractivity contribution in [3.05, 3.63) is 54.7 Å². The Labute approximate surface area is 223 Å². The van der Waals surface area contributed by atoms with Crippen LogP contribution in [0.1, 0.15) is 25.7 Å². The van der Waals surface area contributed by atoms with Crippen LogP contribution in [0.5, 0.6) is 23.0 Å². The molecule has 4 rings (SSSR count). The molecular weight excluding hydrogens is 486 g/mol. The Morgan fingerprint density at radius 1 is 1.00 bits per heavy atom. The van der Waals surface area contributed by atoms with E-state index in [4.69, 9.17) is 18.9 Å². The van der Waals surface area contributed by atoms with Gasteiger partial charge in [0.05, 0.1) is 20.8 Å². The lowest BCUT2D eigenvalue weighted by Crippen LogP contribution is -2.31. The van der Waals surface area contributed by atoms with Crippen molar-refractivity contribution in [3.8, 4) is 23.0 Å². The number of benzene rings is 2. The molecule has 10 nitrogen and oxygen atoms in total. The van der Waals surface area contributed by atoms with Crippen LogP contribution < -0.4 is 29.2 Å². The van der Waals surface area contributed by atoms with Crippen molar-refractivity contribution in [3.63, 3.8) is 0 Å². The van der Waals surface area contributed by atoms with E-state index in [0.29, 0.717) is 29.9 Å².